The maximum atomic E-state index is 12.9. The van der Waals surface area contributed by atoms with Crippen molar-refractivity contribution >= 4 is 20.0 Å². The lowest BCUT2D eigenvalue weighted by molar-refractivity contribution is 0.00597. The Morgan fingerprint density at radius 3 is 2.50 bits per heavy atom. The lowest BCUT2D eigenvalue weighted by Crippen LogP contribution is -2.53. The third kappa shape index (κ3) is 6.66. The highest BCUT2D eigenvalue weighted by Gasteiger charge is 2.46. The second-order valence-corrected chi connectivity index (χ2v) is 20.4. The summed E-state index contributed by atoms with van der Waals surface area (Å²) in [4.78, 5) is 22.2. The number of aromatic nitrogens is 3. The molecule has 1 amide bonds. The van der Waals surface area contributed by atoms with Gasteiger partial charge in [0.15, 0.2) is 0 Å². The third-order valence-electron chi connectivity index (χ3n) is 9.01. The number of hydrogen-bond donors (Lipinski definition) is 0. The molecule has 2 saturated heterocycles. The third-order valence-corrected chi connectivity index (χ3v) is 10.7. The molecule has 3 aromatic rings. The average Bonchev–Trinajstić information content (AvgIpc) is 3.54. The van der Waals surface area contributed by atoms with E-state index in [9.17, 15) is 4.79 Å². The smallest absolute Gasteiger partial charge is 0.410 e. The molecule has 44 heavy (non-hydrogen) atoms. The minimum absolute atomic E-state index is 0.177. The summed E-state index contributed by atoms with van der Waals surface area (Å²) in [5.41, 5.74) is 5.00. The predicted molar refractivity (Wildman–Crippen MR) is 176 cm³/mol. The van der Waals surface area contributed by atoms with Gasteiger partial charge in [0.25, 0.3) is 0 Å². The van der Waals surface area contributed by atoms with Gasteiger partial charge in [0.1, 0.15) is 24.8 Å². The number of carbonyl (C=O) groups excluding carboxylic acids is 1. The first-order valence-corrected chi connectivity index (χ1v) is 19.7. The Kier molecular flexibility index (Phi) is 8.26. The molecule has 3 aliphatic heterocycles. The molecule has 2 fully saturated rings. The topological polar surface area (TPSA) is 82.0 Å². The number of ether oxygens (including phenoxy) is 3. The van der Waals surface area contributed by atoms with Gasteiger partial charge in [0.05, 0.1) is 6.20 Å². The largest absolute Gasteiger partial charge is 0.472 e. The molecule has 6 rings (SSSR count). The summed E-state index contributed by atoms with van der Waals surface area (Å²) in [6, 6.07) is 12.6. The SMILES string of the molecule is CN(c1ccc2c(n1)OCc1cc(-c3cnn(COCC[Si](C)(C)C)c3)ccc1-2)C1C[C@H]2CC[C@@H](C1)N2C(=O)OC(C)(C)C. The zero-order valence-electron chi connectivity index (χ0n) is 27.3. The fourth-order valence-corrected chi connectivity index (χ4v) is 7.38. The molecule has 0 spiro atoms. The normalized spacial score (nSPS) is 21.0. The van der Waals surface area contributed by atoms with Crippen molar-refractivity contribution in [3.8, 4) is 28.1 Å². The van der Waals surface area contributed by atoms with Gasteiger partial charge in [-0.3, -0.25) is 0 Å². The molecule has 236 valence electrons. The van der Waals surface area contributed by atoms with Gasteiger partial charge in [-0.25, -0.2) is 9.48 Å². The highest BCUT2D eigenvalue weighted by atomic mass is 28.3. The molecular formula is C34H47N5O4Si. The van der Waals surface area contributed by atoms with Crippen molar-refractivity contribution in [2.45, 2.75) is 109 Å². The van der Waals surface area contributed by atoms with Crippen LogP contribution >= 0.6 is 0 Å². The van der Waals surface area contributed by atoms with Crippen molar-refractivity contribution in [3.63, 3.8) is 0 Å². The predicted octanol–water partition coefficient (Wildman–Crippen LogP) is 7.18. The van der Waals surface area contributed by atoms with Crippen LogP contribution < -0.4 is 9.64 Å². The Labute approximate surface area is 262 Å². The van der Waals surface area contributed by atoms with E-state index in [0.29, 0.717) is 25.3 Å². The van der Waals surface area contributed by atoms with Crippen LogP contribution in [0.5, 0.6) is 5.88 Å². The van der Waals surface area contributed by atoms with Crippen LogP contribution in [0.2, 0.25) is 25.7 Å². The van der Waals surface area contributed by atoms with Gasteiger partial charge in [0, 0.05) is 57.2 Å². The van der Waals surface area contributed by atoms with Crippen molar-refractivity contribution in [2.24, 2.45) is 0 Å². The Morgan fingerprint density at radius 2 is 1.80 bits per heavy atom. The van der Waals surface area contributed by atoms with Crippen LogP contribution in [-0.2, 0) is 22.8 Å². The summed E-state index contributed by atoms with van der Waals surface area (Å²) in [6.07, 6.45) is 7.65. The van der Waals surface area contributed by atoms with E-state index < -0.39 is 13.7 Å². The van der Waals surface area contributed by atoms with Crippen LogP contribution in [0.25, 0.3) is 22.3 Å². The second-order valence-electron chi connectivity index (χ2n) is 14.8. The number of benzene rings is 1. The molecule has 0 aliphatic carbocycles. The van der Waals surface area contributed by atoms with Crippen LogP contribution in [0.15, 0.2) is 42.7 Å². The van der Waals surface area contributed by atoms with Gasteiger partial charge in [-0.05, 0) is 87.4 Å². The van der Waals surface area contributed by atoms with E-state index in [1.54, 1.807) is 0 Å². The van der Waals surface area contributed by atoms with E-state index in [1.807, 2.05) is 42.7 Å². The summed E-state index contributed by atoms with van der Waals surface area (Å²) >= 11 is 0. The standard InChI is InChI=1S/C34H47N5O4Si/c1-34(2,3)43-33(40)39-26-9-10-27(39)18-28(17-26)37(4)31-13-12-30-29-11-8-23(16-24(29)21-42-32(30)36-31)25-19-35-38(20-25)22-41-14-15-44(5,6)7/h8,11-13,16,19-20,26-28H,9-10,14-15,17-18,21-22H2,1-7H3/t26-,27+,28?. The molecule has 1 aromatic carbocycles. The molecule has 3 atom stereocenters. The Morgan fingerprint density at radius 1 is 1.07 bits per heavy atom. The number of pyridine rings is 1. The number of hydrogen-bond acceptors (Lipinski definition) is 7. The summed E-state index contributed by atoms with van der Waals surface area (Å²) in [6.45, 7) is 14.6. The fraction of sp³-hybridized carbons (Fsp3) is 0.559. The summed E-state index contributed by atoms with van der Waals surface area (Å²) < 4.78 is 19.7. The highest BCUT2D eigenvalue weighted by Crippen LogP contribution is 2.42. The number of anilines is 1. The number of fused-ring (bicyclic) bond motifs is 5. The molecule has 2 bridgehead atoms. The van der Waals surface area contributed by atoms with Crippen LogP contribution in [0, 0.1) is 0 Å². The van der Waals surface area contributed by atoms with E-state index in [1.165, 1.54) is 0 Å². The summed E-state index contributed by atoms with van der Waals surface area (Å²) in [7, 11) is 1.01. The fourth-order valence-electron chi connectivity index (χ4n) is 6.63. The maximum absolute atomic E-state index is 12.9. The lowest BCUT2D eigenvalue weighted by Gasteiger charge is -2.42. The van der Waals surface area contributed by atoms with E-state index in [2.05, 4.69) is 67.0 Å². The zero-order chi connectivity index (χ0) is 31.2. The van der Waals surface area contributed by atoms with Gasteiger partial charge in [0.2, 0.25) is 5.88 Å². The molecule has 9 nitrogen and oxygen atoms in total. The minimum Gasteiger partial charge on any atom is -0.472 e. The number of carbonyl (C=O) groups is 1. The van der Waals surface area contributed by atoms with Crippen molar-refractivity contribution < 1.29 is 19.0 Å². The first-order chi connectivity index (χ1) is 20.8. The quantitative estimate of drug-likeness (QED) is 0.196. The average molecular weight is 618 g/mol. The van der Waals surface area contributed by atoms with Crippen LogP contribution in [0.3, 0.4) is 0 Å². The maximum Gasteiger partial charge on any atom is 0.410 e. The molecule has 3 aliphatic rings. The molecule has 0 saturated carbocycles. The van der Waals surface area contributed by atoms with E-state index in [-0.39, 0.29) is 18.2 Å². The molecule has 2 aromatic heterocycles. The molecule has 0 radical (unpaired) electrons. The van der Waals surface area contributed by atoms with Gasteiger partial charge in [-0.1, -0.05) is 31.8 Å². The van der Waals surface area contributed by atoms with Crippen LogP contribution in [0.1, 0.15) is 52.0 Å². The Balaban J connectivity index is 1.11. The van der Waals surface area contributed by atoms with Crippen molar-refractivity contribution in [1.82, 2.24) is 19.7 Å². The zero-order valence-corrected chi connectivity index (χ0v) is 28.3. The Bertz CT molecular complexity index is 1500. The first kappa shape index (κ1) is 30.6. The number of amides is 1. The van der Waals surface area contributed by atoms with E-state index in [4.69, 9.17) is 19.2 Å². The lowest BCUT2D eigenvalue weighted by atomic mass is 9.95. The van der Waals surface area contributed by atoms with Gasteiger partial charge in [-0.2, -0.15) is 10.1 Å². The Hall–Kier alpha value is -3.37. The van der Waals surface area contributed by atoms with Crippen LogP contribution in [-0.4, -0.2) is 71.2 Å². The van der Waals surface area contributed by atoms with E-state index >= 15 is 0 Å². The molecule has 0 N–H and O–H groups in total. The first-order valence-electron chi connectivity index (χ1n) is 16.0. The van der Waals surface area contributed by atoms with Gasteiger partial charge >= 0.3 is 6.09 Å². The monoisotopic (exact) mass is 617 g/mol. The number of rotatable bonds is 8. The van der Waals surface area contributed by atoms with Gasteiger partial charge in [-0.15, -0.1) is 0 Å². The summed E-state index contributed by atoms with van der Waals surface area (Å²) in [5, 5.41) is 4.51. The number of piperidine rings is 1. The summed E-state index contributed by atoms with van der Waals surface area (Å²) in [5.74, 6) is 1.57. The second kappa shape index (κ2) is 11.9. The molecular weight excluding hydrogens is 570 g/mol. The minimum atomic E-state index is -1.10. The molecule has 10 heteroatoms. The van der Waals surface area contributed by atoms with Gasteiger partial charge < -0.3 is 24.0 Å². The van der Waals surface area contributed by atoms with Crippen molar-refractivity contribution in [1.29, 1.82) is 0 Å². The van der Waals surface area contributed by atoms with Crippen molar-refractivity contribution in [3.05, 3.63) is 48.3 Å². The molecule has 5 heterocycles. The molecule has 1 unspecified atom stereocenters. The van der Waals surface area contributed by atoms with Crippen LogP contribution in [0.4, 0.5) is 10.6 Å². The van der Waals surface area contributed by atoms with E-state index in [0.717, 1.165) is 72.0 Å². The number of nitrogens with zero attached hydrogens (tertiary/aromatic N) is 5. The van der Waals surface area contributed by atoms with Crippen molar-refractivity contribution in [2.75, 3.05) is 18.6 Å². The highest BCUT2D eigenvalue weighted by molar-refractivity contribution is 6.76.